The first-order chi connectivity index (χ1) is 12.5. The lowest BCUT2D eigenvalue weighted by Crippen LogP contribution is -2.45. The number of aromatic nitrogens is 3. The number of ether oxygens (including phenoxy) is 2. The van der Waals surface area contributed by atoms with Crippen LogP contribution in [0.4, 0.5) is 0 Å². The van der Waals surface area contributed by atoms with Gasteiger partial charge in [-0.3, -0.25) is 9.48 Å². The first kappa shape index (κ1) is 16.7. The molecule has 1 aromatic carbocycles. The molecule has 0 spiro atoms. The molecule has 2 aromatic heterocycles. The molecule has 3 heterocycles. The summed E-state index contributed by atoms with van der Waals surface area (Å²) in [6.07, 6.45) is 3.22. The maximum Gasteiger partial charge on any atom is 0.251 e. The van der Waals surface area contributed by atoms with E-state index in [0.29, 0.717) is 24.5 Å². The highest BCUT2D eigenvalue weighted by Crippen LogP contribution is 2.23. The van der Waals surface area contributed by atoms with Crippen molar-refractivity contribution in [2.24, 2.45) is 7.05 Å². The first-order valence-electron chi connectivity index (χ1n) is 8.64. The number of fused-ring (bicyclic) bond motifs is 1. The van der Waals surface area contributed by atoms with E-state index in [2.05, 4.69) is 22.3 Å². The van der Waals surface area contributed by atoms with Crippen molar-refractivity contribution in [1.29, 1.82) is 0 Å². The maximum absolute atomic E-state index is 12.7. The molecule has 136 valence electrons. The van der Waals surface area contributed by atoms with Crippen molar-refractivity contribution in [3.8, 4) is 5.75 Å². The van der Waals surface area contributed by atoms with Gasteiger partial charge in [-0.15, -0.1) is 0 Å². The summed E-state index contributed by atoms with van der Waals surface area (Å²) >= 11 is 0. The third kappa shape index (κ3) is 3.06. The Morgan fingerprint density at radius 3 is 3.00 bits per heavy atom. The minimum atomic E-state index is -0.233. The second-order valence-corrected chi connectivity index (χ2v) is 6.76. The molecule has 4 rings (SSSR count). The fourth-order valence-electron chi connectivity index (χ4n) is 3.27. The van der Waals surface area contributed by atoms with Crippen LogP contribution < -0.4 is 10.1 Å². The number of amides is 1. The summed E-state index contributed by atoms with van der Waals surface area (Å²) in [6, 6.07) is 5.50. The van der Waals surface area contributed by atoms with Crippen molar-refractivity contribution in [1.82, 2.24) is 20.1 Å². The second-order valence-electron chi connectivity index (χ2n) is 6.76. The van der Waals surface area contributed by atoms with Crippen LogP contribution in [0, 0.1) is 13.8 Å². The zero-order chi connectivity index (χ0) is 18.3. The van der Waals surface area contributed by atoms with E-state index in [-0.39, 0.29) is 18.1 Å². The van der Waals surface area contributed by atoms with Crippen LogP contribution in [-0.4, -0.2) is 46.0 Å². The monoisotopic (exact) mass is 354 g/mol. The van der Waals surface area contributed by atoms with Crippen molar-refractivity contribution in [3.63, 3.8) is 0 Å². The molecule has 0 saturated carbocycles. The van der Waals surface area contributed by atoms with E-state index >= 15 is 0 Å². The molecule has 1 aliphatic rings. The van der Waals surface area contributed by atoms with Gasteiger partial charge in [0.05, 0.1) is 31.6 Å². The second kappa shape index (κ2) is 6.49. The largest absolute Gasteiger partial charge is 0.482 e. The third-order valence-corrected chi connectivity index (χ3v) is 4.88. The molecular weight excluding hydrogens is 332 g/mol. The quantitative estimate of drug-likeness (QED) is 0.752. The van der Waals surface area contributed by atoms with Gasteiger partial charge in [0.15, 0.2) is 5.75 Å². The Balaban J connectivity index is 1.49. The van der Waals surface area contributed by atoms with Crippen LogP contribution in [0.5, 0.6) is 5.75 Å². The Bertz CT molecular complexity index is 959. The highest BCUT2D eigenvalue weighted by atomic mass is 16.5. The smallest absolute Gasteiger partial charge is 0.251 e. The zero-order valence-corrected chi connectivity index (χ0v) is 15.1. The lowest BCUT2D eigenvalue weighted by molar-refractivity contribution is 0.0904. The molecule has 1 aliphatic heterocycles. The molecule has 7 heteroatoms. The number of hydrogen-bond acceptors (Lipinski definition) is 4. The topological polar surface area (TPSA) is 81.2 Å². The summed E-state index contributed by atoms with van der Waals surface area (Å²) in [5.41, 5.74) is 3.95. The van der Waals surface area contributed by atoms with E-state index in [1.807, 2.05) is 32.2 Å². The molecule has 7 nitrogen and oxygen atoms in total. The number of rotatable bonds is 4. The van der Waals surface area contributed by atoms with E-state index in [1.165, 1.54) is 0 Å². The predicted molar refractivity (Wildman–Crippen MR) is 97.5 cm³/mol. The van der Waals surface area contributed by atoms with Crippen molar-refractivity contribution in [3.05, 3.63) is 47.4 Å². The van der Waals surface area contributed by atoms with Gasteiger partial charge in [-0.2, -0.15) is 5.10 Å². The minimum Gasteiger partial charge on any atom is -0.482 e. The Hall–Kier alpha value is -2.80. The van der Waals surface area contributed by atoms with Crippen molar-refractivity contribution in [2.75, 3.05) is 13.2 Å². The Morgan fingerprint density at radius 1 is 1.38 bits per heavy atom. The number of nitrogens with one attached hydrogen (secondary N) is 2. The fourth-order valence-corrected chi connectivity index (χ4v) is 3.27. The summed E-state index contributed by atoms with van der Waals surface area (Å²) < 4.78 is 13.1. The van der Waals surface area contributed by atoms with E-state index in [9.17, 15) is 4.79 Å². The van der Waals surface area contributed by atoms with Crippen LogP contribution in [0.2, 0.25) is 0 Å². The molecule has 26 heavy (non-hydrogen) atoms. The minimum absolute atomic E-state index is 0.125. The zero-order valence-electron chi connectivity index (χ0n) is 15.1. The normalized spacial score (nSPS) is 19.8. The predicted octanol–water partition coefficient (Wildman–Crippen LogP) is 2.09. The average Bonchev–Trinajstić information content (AvgIpc) is 3.30. The number of aromatic amines is 1. The number of carbonyl (C=O) groups is 1. The highest BCUT2D eigenvalue weighted by Gasteiger charge is 2.32. The number of H-pyrrole nitrogens is 1. The SMILES string of the molecule is Cc1[nH]c2ccc(C(=O)N[C@H]3COC[C@H]3Oc3cnn(C)c3)cc2c1C. The van der Waals surface area contributed by atoms with Gasteiger partial charge >= 0.3 is 0 Å². The average molecular weight is 354 g/mol. The number of aryl methyl sites for hydroxylation is 3. The number of nitrogens with zero attached hydrogens (tertiary/aromatic N) is 2. The summed E-state index contributed by atoms with van der Waals surface area (Å²) in [5.74, 6) is 0.544. The van der Waals surface area contributed by atoms with E-state index in [4.69, 9.17) is 9.47 Å². The molecule has 1 amide bonds. The summed E-state index contributed by atoms with van der Waals surface area (Å²) in [5, 5.41) is 8.20. The summed E-state index contributed by atoms with van der Waals surface area (Å²) in [4.78, 5) is 16.0. The molecule has 0 aliphatic carbocycles. The van der Waals surface area contributed by atoms with Gasteiger partial charge in [0.1, 0.15) is 6.10 Å². The number of benzene rings is 1. The molecule has 1 saturated heterocycles. The summed E-state index contributed by atoms with van der Waals surface area (Å²) in [6.45, 7) is 4.96. The van der Waals surface area contributed by atoms with Gasteiger partial charge in [-0.25, -0.2) is 0 Å². The highest BCUT2D eigenvalue weighted by molar-refractivity contribution is 5.99. The third-order valence-electron chi connectivity index (χ3n) is 4.88. The molecule has 0 unspecified atom stereocenters. The van der Waals surface area contributed by atoms with Crippen molar-refractivity contribution in [2.45, 2.75) is 26.0 Å². The first-order valence-corrected chi connectivity index (χ1v) is 8.64. The van der Waals surface area contributed by atoms with E-state index < -0.39 is 0 Å². The van der Waals surface area contributed by atoms with Gasteiger partial charge in [0, 0.05) is 29.2 Å². The molecule has 3 aromatic rings. The van der Waals surface area contributed by atoms with Gasteiger partial charge in [0.2, 0.25) is 0 Å². The standard InChI is InChI=1S/C19H22N4O3/c1-11-12(2)21-16-5-4-13(6-15(11)16)19(24)22-17-9-25-10-18(17)26-14-7-20-23(3)8-14/h4-8,17-18,21H,9-10H2,1-3H3,(H,22,24)/t17-,18+/m0/s1. The van der Waals surface area contributed by atoms with Crippen LogP contribution in [-0.2, 0) is 11.8 Å². The van der Waals surface area contributed by atoms with Crippen LogP contribution in [0.1, 0.15) is 21.6 Å². The Kier molecular flexibility index (Phi) is 4.16. The molecule has 1 fully saturated rings. The van der Waals surface area contributed by atoms with Crippen LogP contribution in [0.3, 0.4) is 0 Å². The molecule has 2 N–H and O–H groups in total. The van der Waals surface area contributed by atoms with Gasteiger partial charge in [-0.05, 0) is 37.6 Å². The van der Waals surface area contributed by atoms with Crippen LogP contribution in [0.15, 0.2) is 30.6 Å². The molecule has 0 bridgehead atoms. The van der Waals surface area contributed by atoms with Gasteiger partial charge in [-0.1, -0.05) is 0 Å². The molecule has 2 atom stereocenters. The lowest BCUT2D eigenvalue weighted by Gasteiger charge is -2.19. The van der Waals surface area contributed by atoms with Gasteiger partial charge < -0.3 is 19.8 Å². The Labute approximate surface area is 151 Å². The number of carbonyl (C=O) groups excluding carboxylic acids is 1. The van der Waals surface area contributed by atoms with E-state index in [1.54, 1.807) is 17.1 Å². The van der Waals surface area contributed by atoms with E-state index in [0.717, 1.165) is 22.2 Å². The lowest BCUT2D eigenvalue weighted by atomic mass is 10.1. The number of hydrogen-bond donors (Lipinski definition) is 2. The van der Waals surface area contributed by atoms with Gasteiger partial charge in [0.25, 0.3) is 5.91 Å². The van der Waals surface area contributed by atoms with Crippen molar-refractivity contribution >= 4 is 16.8 Å². The van der Waals surface area contributed by atoms with Crippen LogP contribution >= 0.6 is 0 Å². The Morgan fingerprint density at radius 2 is 2.23 bits per heavy atom. The summed E-state index contributed by atoms with van der Waals surface area (Å²) in [7, 11) is 1.83. The van der Waals surface area contributed by atoms with Crippen LogP contribution in [0.25, 0.3) is 10.9 Å². The van der Waals surface area contributed by atoms with Crippen molar-refractivity contribution < 1.29 is 14.3 Å². The fraction of sp³-hybridized carbons (Fsp3) is 0.368. The molecular formula is C19H22N4O3. The molecule has 0 radical (unpaired) electrons. The maximum atomic E-state index is 12.7.